The zero-order valence-electron chi connectivity index (χ0n) is 12.7. The van der Waals surface area contributed by atoms with Crippen molar-refractivity contribution in [2.24, 2.45) is 0 Å². The number of allylic oxidation sites excluding steroid dienone is 2. The van der Waals surface area contributed by atoms with Gasteiger partial charge in [-0.15, -0.1) is 0 Å². The number of methoxy groups -OCH3 is 4. The molecule has 0 spiro atoms. The van der Waals surface area contributed by atoms with Crippen LogP contribution < -0.4 is 18.9 Å². The molecule has 20 heavy (non-hydrogen) atoms. The Morgan fingerprint density at radius 1 is 0.950 bits per heavy atom. The summed E-state index contributed by atoms with van der Waals surface area (Å²) < 4.78 is 21.1. The summed E-state index contributed by atoms with van der Waals surface area (Å²) in [5.74, 6) is 1.29. The van der Waals surface area contributed by atoms with E-state index in [-0.39, 0.29) is 5.78 Å². The van der Waals surface area contributed by atoms with Crippen molar-refractivity contribution in [3.05, 3.63) is 23.3 Å². The molecular weight excluding hydrogens is 260 g/mol. The largest absolute Gasteiger partial charge is 0.493 e. The first-order valence-corrected chi connectivity index (χ1v) is 6.10. The van der Waals surface area contributed by atoms with Crippen molar-refractivity contribution in [2.75, 3.05) is 28.4 Å². The molecule has 0 aliphatic carbocycles. The van der Waals surface area contributed by atoms with Crippen LogP contribution in [0, 0.1) is 0 Å². The van der Waals surface area contributed by atoms with Crippen molar-refractivity contribution in [3.8, 4) is 23.0 Å². The summed E-state index contributed by atoms with van der Waals surface area (Å²) in [4.78, 5) is 12.5. The molecule has 5 nitrogen and oxygen atoms in total. The second-order valence-electron chi connectivity index (χ2n) is 4.02. The van der Waals surface area contributed by atoms with Gasteiger partial charge in [-0.1, -0.05) is 6.08 Å². The van der Waals surface area contributed by atoms with Gasteiger partial charge >= 0.3 is 0 Å². The van der Waals surface area contributed by atoms with Crippen molar-refractivity contribution >= 4 is 5.78 Å². The number of rotatable bonds is 6. The van der Waals surface area contributed by atoms with Crippen LogP contribution >= 0.6 is 0 Å². The molecule has 0 atom stereocenters. The molecule has 0 saturated heterocycles. The fourth-order valence-electron chi connectivity index (χ4n) is 1.84. The third kappa shape index (κ3) is 2.71. The molecule has 0 aromatic heterocycles. The Bertz CT molecular complexity index is 501. The summed E-state index contributed by atoms with van der Waals surface area (Å²) in [6.45, 7) is 3.52. The van der Waals surface area contributed by atoms with Gasteiger partial charge in [-0.3, -0.25) is 4.79 Å². The van der Waals surface area contributed by atoms with E-state index in [2.05, 4.69) is 0 Å². The first-order chi connectivity index (χ1) is 9.55. The van der Waals surface area contributed by atoms with Crippen molar-refractivity contribution < 1.29 is 23.7 Å². The highest BCUT2D eigenvalue weighted by atomic mass is 16.5. The van der Waals surface area contributed by atoms with Crippen LogP contribution in [0.5, 0.6) is 23.0 Å². The first-order valence-electron chi connectivity index (χ1n) is 6.10. The molecule has 0 heterocycles. The monoisotopic (exact) mass is 280 g/mol. The van der Waals surface area contributed by atoms with Crippen molar-refractivity contribution in [1.29, 1.82) is 0 Å². The van der Waals surface area contributed by atoms with Crippen molar-refractivity contribution in [1.82, 2.24) is 0 Å². The predicted molar refractivity (Wildman–Crippen MR) is 76.4 cm³/mol. The average molecular weight is 280 g/mol. The van der Waals surface area contributed by atoms with E-state index in [1.165, 1.54) is 28.4 Å². The molecule has 0 radical (unpaired) electrons. The fraction of sp³-hybridized carbons (Fsp3) is 0.400. The second-order valence-corrected chi connectivity index (χ2v) is 4.02. The Morgan fingerprint density at radius 3 is 1.70 bits per heavy atom. The summed E-state index contributed by atoms with van der Waals surface area (Å²) in [7, 11) is 5.96. The zero-order chi connectivity index (χ0) is 15.3. The Hall–Kier alpha value is -2.17. The maximum Gasteiger partial charge on any atom is 0.196 e. The lowest BCUT2D eigenvalue weighted by Gasteiger charge is -2.18. The second kappa shape index (κ2) is 6.84. The minimum absolute atomic E-state index is 0.196. The minimum Gasteiger partial charge on any atom is -0.493 e. The van der Waals surface area contributed by atoms with E-state index in [0.717, 1.165) is 0 Å². The van der Waals surface area contributed by atoms with E-state index in [4.69, 9.17) is 18.9 Å². The molecule has 0 fully saturated rings. The first kappa shape index (κ1) is 15.9. The van der Waals surface area contributed by atoms with E-state index in [0.29, 0.717) is 34.1 Å². The topological polar surface area (TPSA) is 54.0 Å². The van der Waals surface area contributed by atoms with Crippen molar-refractivity contribution in [2.45, 2.75) is 13.8 Å². The van der Waals surface area contributed by atoms with Crippen LogP contribution in [0.2, 0.25) is 0 Å². The molecule has 0 unspecified atom stereocenters. The van der Waals surface area contributed by atoms with Gasteiger partial charge in [0.1, 0.15) is 5.56 Å². The molecule has 0 amide bonds. The maximum atomic E-state index is 12.5. The van der Waals surface area contributed by atoms with Gasteiger partial charge in [0.15, 0.2) is 28.8 Å². The number of ketones is 1. The zero-order valence-corrected chi connectivity index (χ0v) is 12.7. The number of benzene rings is 1. The molecule has 1 aromatic carbocycles. The van der Waals surface area contributed by atoms with Gasteiger partial charge in [0.25, 0.3) is 0 Å². The van der Waals surface area contributed by atoms with Crippen LogP contribution in [0.1, 0.15) is 24.2 Å². The van der Waals surface area contributed by atoms with E-state index in [1.807, 2.05) is 0 Å². The van der Waals surface area contributed by atoms with Gasteiger partial charge in [0.2, 0.25) is 0 Å². The summed E-state index contributed by atoms with van der Waals surface area (Å²) in [6.07, 6.45) is 1.73. The number of Topliss-reactive ketones (excluding diaryl/α,β-unsaturated/α-hetero) is 1. The van der Waals surface area contributed by atoms with Crippen LogP contribution in [0.3, 0.4) is 0 Å². The highest BCUT2D eigenvalue weighted by Crippen LogP contribution is 2.45. The SMILES string of the molecule is C/C=C(\C)C(=O)c1c(OC)c(OC)cc(OC)c1OC. The Labute approximate surface area is 119 Å². The van der Waals surface area contributed by atoms with E-state index >= 15 is 0 Å². The summed E-state index contributed by atoms with van der Waals surface area (Å²) in [6, 6.07) is 1.62. The summed E-state index contributed by atoms with van der Waals surface area (Å²) in [5.41, 5.74) is 0.874. The lowest BCUT2D eigenvalue weighted by Crippen LogP contribution is -2.09. The molecule has 0 saturated carbocycles. The minimum atomic E-state index is -0.196. The van der Waals surface area contributed by atoms with Gasteiger partial charge in [0.05, 0.1) is 28.4 Å². The van der Waals surface area contributed by atoms with Crippen LogP contribution in [-0.4, -0.2) is 34.2 Å². The highest BCUT2D eigenvalue weighted by molar-refractivity contribution is 6.13. The smallest absolute Gasteiger partial charge is 0.196 e. The van der Waals surface area contributed by atoms with Gasteiger partial charge in [-0.25, -0.2) is 0 Å². The number of hydrogen-bond acceptors (Lipinski definition) is 5. The molecule has 110 valence electrons. The van der Waals surface area contributed by atoms with Crippen LogP contribution in [0.15, 0.2) is 17.7 Å². The van der Waals surface area contributed by atoms with E-state index in [9.17, 15) is 4.79 Å². The standard InChI is InChI=1S/C15H20O5/c1-7-9(2)13(16)12-14(19-5)10(17-3)8-11(18-4)15(12)20-6/h7-8H,1-6H3/b9-7+. The number of carbonyl (C=O) groups excluding carboxylic acids is 1. The van der Waals surface area contributed by atoms with Gasteiger partial charge in [-0.05, 0) is 19.4 Å². The third-order valence-electron chi connectivity index (χ3n) is 3.03. The number of ether oxygens (including phenoxy) is 4. The molecule has 0 aliphatic heterocycles. The molecular formula is C15H20O5. The number of hydrogen-bond donors (Lipinski definition) is 0. The molecule has 5 heteroatoms. The predicted octanol–water partition coefficient (Wildman–Crippen LogP) is 2.87. The maximum absolute atomic E-state index is 12.5. The van der Waals surface area contributed by atoms with Crippen LogP contribution in [0.4, 0.5) is 0 Å². The van der Waals surface area contributed by atoms with Crippen molar-refractivity contribution in [3.63, 3.8) is 0 Å². The number of carbonyl (C=O) groups is 1. The molecule has 1 aromatic rings. The van der Waals surface area contributed by atoms with E-state index < -0.39 is 0 Å². The van der Waals surface area contributed by atoms with Crippen LogP contribution in [0.25, 0.3) is 0 Å². The Balaban J connectivity index is 3.71. The van der Waals surface area contributed by atoms with Crippen LogP contribution in [-0.2, 0) is 0 Å². The lowest BCUT2D eigenvalue weighted by atomic mass is 10.0. The molecule has 0 N–H and O–H groups in total. The molecule has 1 rings (SSSR count). The fourth-order valence-corrected chi connectivity index (χ4v) is 1.84. The third-order valence-corrected chi connectivity index (χ3v) is 3.03. The summed E-state index contributed by atoms with van der Waals surface area (Å²) >= 11 is 0. The Kier molecular flexibility index (Phi) is 5.43. The quantitative estimate of drug-likeness (QED) is 0.592. The van der Waals surface area contributed by atoms with Gasteiger partial charge in [-0.2, -0.15) is 0 Å². The summed E-state index contributed by atoms with van der Waals surface area (Å²) in [5, 5.41) is 0. The van der Waals surface area contributed by atoms with Gasteiger partial charge in [0, 0.05) is 6.07 Å². The lowest BCUT2D eigenvalue weighted by molar-refractivity contribution is 0.102. The highest BCUT2D eigenvalue weighted by Gasteiger charge is 2.26. The normalized spacial score (nSPS) is 11.0. The molecule has 0 bridgehead atoms. The van der Waals surface area contributed by atoms with Gasteiger partial charge < -0.3 is 18.9 Å². The average Bonchev–Trinajstić information content (AvgIpc) is 2.50. The molecule has 0 aliphatic rings. The Morgan fingerprint density at radius 2 is 1.40 bits per heavy atom. The van der Waals surface area contributed by atoms with E-state index in [1.54, 1.807) is 26.0 Å².